The first kappa shape index (κ1) is 17.0. The lowest BCUT2D eigenvalue weighted by molar-refractivity contribution is 0.0896. The Hall–Kier alpha value is -1.36. The largest absolute Gasteiger partial charge is 0.327 e. The minimum Gasteiger partial charge on any atom is -0.327 e. The van der Waals surface area contributed by atoms with E-state index in [0.29, 0.717) is 6.54 Å². The van der Waals surface area contributed by atoms with E-state index in [1.54, 1.807) is 0 Å². The zero-order chi connectivity index (χ0) is 15.0. The molecule has 5 heteroatoms. The number of nitrogens with zero attached hydrogens (tertiary/aromatic N) is 1. The molecule has 120 valence electrons. The van der Waals surface area contributed by atoms with Crippen molar-refractivity contribution in [2.75, 3.05) is 13.1 Å². The number of fused-ring (bicyclic) bond motifs is 1. The number of likely N-dealkylation sites (tertiary alicyclic amines) is 1. The van der Waals surface area contributed by atoms with Gasteiger partial charge >= 0.3 is 0 Å². The van der Waals surface area contributed by atoms with Gasteiger partial charge in [0.2, 0.25) is 0 Å². The average molecular weight is 322 g/mol. The number of hydrogen-bond donors (Lipinski definition) is 2. The molecule has 1 saturated heterocycles. The molecule has 0 radical (unpaired) electrons. The lowest BCUT2D eigenvalue weighted by atomic mass is 9.79. The van der Waals surface area contributed by atoms with Crippen molar-refractivity contribution in [3.63, 3.8) is 0 Å². The second-order valence-corrected chi connectivity index (χ2v) is 6.81. The molecule has 22 heavy (non-hydrogen) atoms. The minimum absolute atomic E-state index is 0. The van der Waals surface area contributed by atoms with Gasteiger partial charge in [-0.2, -0.15) is 0 Å². The molecule has 0 aliphatic carbocycles. The van der Waals surface area contributed by atoms with Crippen molar-refractivity contribution in [1.82, 2.24) is 9.88 Å². The third-order valence-electron chi connectivity index (χ3n) is 4.62. The van der Waals surface area contributed by atoms with Crippen molar-refractivity contribution in [1.29, 1.82) is 0 Å². The van der Waals surface area contributed by atoms with Crippen LogP contribution in [0.3, 0.4) is 0 Å². The smallest absolute Gasteiger partial charge is 0.252 e. The quantitative estimate of drug-likeness (QED) is 0.893. The van der Waals surface area contributed by atoms with Gasteiger partial charge in [0, 0.05) is 36.8 Å². The first-order chi connectivity index (χ1) is 9.95. The van der Waals surface area contributed by atoms with E-state index in [1.165, 1.54) is 0 Å². The number of aromatic amines is 1. The fourth-order valence-corrected chi connectivity index (χ4v) is 3.17. The van der Waals surface area contributed by atoms with Gasteiger partial charge in [-0.15, -0.1) is 12.4 Å². The molecule has 3 rings (SSSR count). The molecule has 1 aliphatic rings. The summed E-state index contributed by atoms with van der Waals surface area (Å²) in [4.78, 5) is 17.5. The second-order valence-electron chi connectivity index (χ2n) is 6.81. The predicted molar refractivity (Wildman–Crippen MR) is 93.5 cm³/mol. The van der Waals surface area contributed by atoms with Crippen LogP contribution in [0.25, 0.3) is 10.9 Å². The van der Waals surface area contributed by atoms with Crippen LogP contribution in [-0.4, -0.2) is 29.0 Å². The first-order valence-electron chi connectivity index (χ1n) is 7.54. The van der Waals surface area contributed by atoms with Crippen LogP contribution in [-0.2, 0) is 6.54 Å². The Bertz CT molecular complexity index is 710. The summed E-state index contributed by atoms with van der Waals surface area (Å²) in [5.41, 5.74) is 8.02. The van der Waals surface area contributed by atoms with Gasteiger partial charge in [-0.1, -0.05) is 32.0 Å². The Kier molecular flexibility index (Phi) is 4.95. The number of para-hydroxylation sites is 1. The van der Waals surface area contributed by atoms with Gasteiger partial charge in [-0.25, -0.2) is 0 Å². The van der Waals surface area contributed by atoms with Crippen LogP contribution in [0.1, 0.15) is 25.8 Å². The van der Waals surface area contributed by atoms with Gasteiger partial charge in [-0.3, -0.25) is 9.69 Å². The lowest BCUT2D eigenvalue weighted by Gasteiger charge is -2.42. The molecule has 3 N–H and O–H groups in total. The summed E-state index contributed by atoms with van der Waals surface area (Å²) in [7, 11) is 0. The number of halogens is 1. The number of hydrogen-bond acceptors (Lipinski definition) is 3. The standard InChI is InChI=1S/C17H23N3O.ClH/c1-17(2)11-20(8-7-15(17)18)10-13-9-12-5-3-4-6-14(12)19-16(13)21;/h3-6,9,15H,7-8,10-11,18H2,1-2H3,(H,19,21);1H. The van der Waals surface area contributed by atoms with Gasteiger partial charge in [0.1, 0.15) is 0 Å². The number of rotatable bonds is 2. The highest BCUT2D eigenvalue weighted by molar-refractivity contribution is 5.85. The van der Waals surface area contributed by atoms with Crippen LogP contribution in [0, 0.1) is 5.41 Å². The Balaban J connectivity index is 0.00000176. The summed E-state index contributed by atoms with van der Waals surface area (Å²) in [5.74, 6) is 0. The Labute approximate surface area is 137 Å². The number of pyridine rings is 1. The fourth-order valence-electron chi connectivity index (χ4n) is 3.17. The zero-order valence-corrected chi connectivity index (χ0v) is 14.0. The lowest BCUT2D eigenvalue weighted by Crippen LogP contribution is -2.52. The van der Waals surface area contributed by atoms with Gasteiger partial charge in [-0.05, 0) is 29.4 Å². The van der Waals surface area contributed by atoms with Crippen molar-refractivity contribution < 1.29 is 0 Å². The molecule has 2 heterocycles. The Morgan fingerprint density at radius 3 is 2.82 bits per heavy atom. The first-order valence-corrected chi connectivity index (χ1v) is 7.54. The summed E-state index contributed by atoms with van der Waals surface area (Å²) >= 11 is 0. The highest BCUT2D eigenvalue weighted by Gasteiger charge is 2.33. The molecule has 2 aromatic rings. The summed E-state index contributed by atoms with van der Waals surface area (Å²) in [6.07, 6.45) is 0.985. The third-order valence-corrected chi connectivity index (χ3v) is 4.62. The van der Waals surface area contributed by atoms with E-state index in [9.17, 15) is 4.79 Å². The van der Waals surface area contributed by atoms with Crippen molar-refractivity contribution >= 4 is 23.3 Å². The van der Waals surface area contributed by atoms with E-state index in [-0.39, 0.29) is 29.4 Å². The van der Waals surface area contributed by atoms with Gasteiger partial charge in [0.25, 0.3) is 5.56 Å². The molecule has 1 fully saturated rings. The van der Waals surface area contributed by atoms with Gasteiger partial charge in [0.15, 0.2) is 0 Å². The molecule has 0 spiro atoms. The van der Waals surface area contributed by atoms with Crippen molar-refractivity contribution in [3.8, 4) is 0 Å². The van der Waals surface area contributed by atoms with Crippen molar-refractivity contribution in [3.05, 3.63) is 46.2 Å². The highest BCUT2D eigenvalue weighted by atomic mass is 35.5. The number of benzene rings is 1. The molecular formula is C17H24ClN3O. The topological polar surface area (TPSA) is 62.1 Å². The number of H-pyrrole nitrogens is 1. The molecule has 1 unspecified atom stereocenters. The van der Waals surface area contributed by atoms with E-state index in [4.69, 9.17) is 5.73 Å². The SMILES string of the molecule is CC1(C)CN(Cc2cc3ccccc3[nH]c2=O)CCC1N.Cl. The Morgan fingerprint density at radius 2 is 2.09 bits per heavy atom. The zero-order valence-electron chi connectivity index (χ0n) is 13.1. The summed E-state index contributed by atoms with van der Waals surface area (Å²) in [6.45, 7) is 6.98. The maximum atomic E-state index is 12.2. The second kappa shape index (κ2) is 6.41. The maximum absolute atomic E-state index is 12.2. The van der Waals surface area contributed by atoms with E-state index in [1.807, 2.05) is 30.3 Å². The molecule has 0 saturated carbocycles. The van der Waals surface area contributed by atoms with Gasteiger partial charge in [0.05, 0.1) is 0 Å². The Morgan fingerprint density at radius 1 is 1.36 bits per heavy atom. The number of nitrogens with one attached hydrogen (secondary N) is 1. The molecule has 0 amide bonds. The van der Waals surface area contributed by atoms with Crippen LogP contribution >= 0.6 is 12.4 Å². The fraction of sp³-hybridized carbons (Fsp3) is 0.471. The number of aromatic nitrogens is 1. The predicted octanol–water partition coefficient (Wildman–Crippen LogP) is 2.51. The molecule has 1 aliphatic heterocycles. The molecular weight excluding hydrogens is 298 g/mol. The van der Waals surface area contributed by atoms with E-state index < -0.39 is 0 Å². The van der Waals surface area contributed by atoms with Crippen LogP contribution in [0.2, 0.25) is 0 Å². The molecule has 1 aromatic heterocycles. The van der Waals surface area contributed by atoms with Crippen molar-refractivity contribution in [2.45, 2.75) is 32.9 Å². The minimum atomic E-state index is 0. The van der Waals surface area contributed by atoms with E-state index in [2.05, 4.69) is 23.7 Å². The molecule has 1 atom stereocenters. The summed E-state index contributed by atoms with van der Waals surface area (Å²) in [6, 6.07) is 10.1. The van der Waals surface area contributed by atoms with Crippen LogP contribution in [0.4, 0.5) is 0 Å². The van der Waals surface area contributed by atoms with Crippen molar-refractivity contribution in [2.24, 2.45) is 11.1 Å². The van der Waals surface area contributed by atoms with Crippen LogP contribution < -0.4 is 11.3 Å². The summed E-state index contributed by atoms with van der Waals surface area (Å²) in [5, 5.41) is 1.08. The van der Waals surface area contributed by atoms with Crippen LogP contribution in [0.5, 0.6) is 0 Å². The molecule has 1 aromatic carbocycles. The summed E-state index contributed by atoms with van der Waals surface area (Å²) < 4.78 is 0. The van der Waals surface area contributed by atoms with E-state index in [0.717, 1.165) is 36.0 Å². The van der Waals surface area contributed by atoms with Gasteiger partial charge < -0.3 is 10.7 Å². The highest BCUT2D eigenvalue weighted by Crippen LogP contribution is 2.28. The maximum Gasteiger partial charge on any atom is 0.252 e. The number of nitrogens with two attached hydrogens (primary N) is 1. The number of piperidine rings is 1. The third kappa shape index (κ3) is 3.35. The molecule has 4 nitrogen and oxygen atoms in total. The van der Waals surface area contributed by atoms with Crippen LogP contribution in [0.15, 0.2) is 35.1 Å². The monoisotopic (exact) mass is 321 g/mol. The normalized spacial score (nSPS) is 21.5. The average Bonchev–Trinajstić information content (AvgIpc) is 2.43. The van der Waals surface area contributed by atoms with E-state index >= 15 is 0 Å². The molecule has 0 bridgehead atoms.